The van der Waals surface area contributed by atoms with Crippen molar-refractivity contribution in [3.8, 4) is 17.2 Å². The maximum Gasteiger partial charge on any atom is 0.338 e. The highest BCUT2D eigenvalue weighted by atomic mass is 16.5. The molecule has 0 radical (unpaired) electrons. The Morgan fingerprint density at radius 2 is 1.84 bits per heavy atom. The fourth-order valence-corrected chi connectivity index (χ4v) is 1.98. The Morgan fingerprint density at radius 3 is 2.44 bits per heavy atom. The molecular formula is C20H18O5. The number of phenols is 1. The molecule has 0 unspecified atom stereocenters. The fraction of sp³-hybridized carbons (Fsp3) is 0.100. The van der Waals surface area contributed by atoms with Crippen LogP contribution in [0.25, 0.3) is 0 Å². The second-order valence-electron chi connectivity index (χ2n) is 5.30. The van der Waals surface area contributed by atoms with Gasteiger partial charge in [-0.15, -0.1) is 0 Å². The van der Waals surface area contributed by atoms with Gasteiger partial charge in [-0.25, -0.2) is 4.79 Å². The third kappa shape index (κ3) is 4.57. The Hall–Kier alpha value is -3.34. The van der Waals surface area contributed by atoms with E-state index in [9.17, 15) is 14.7 Å². The number of aromatic hydroxyl groups is 1. The van der Waals surface area contributed by atoms with E-state index in [2.05, 4.69) is 13.2 Å². The number of carbonyl (C=O) groups is 2. The Kier molecular flexibility index (Phi) is 5.74. The van der Waals surface area contributed by atoms with Crippen LogP contribution in [0.2, 0.25) is 0 Å². The molecule has 128 valence electrons. The molecule has 2 aromatic carbocycles. The molecule has 0 saturated carbocycles. The van der Waals surface area contributed by atoms with E-state index in [0.29, 0.717) is 17.9 Å². The first-order valence-corrected chi connectivity index (χ1v) is 7.51. The van der Waals surface area contributed by atoms with E-state index in [-0.39, 0.29) is 22.6 Å². The van der Waals surface area contributed by atoms with Gasteiger partial charge >= 0.3 is 5.97 Å². The number of hydrogen-bond acceptors (Lipinski definition) is 5. The zero-order valence-electron chi connectivity index (χ0n) is 13.8. The lowest BCUT2D eigenvalue weighted by Crippen LogP contribution is -2.12. The molecule has 5 nitrogen and oxygen atoms in total. The summed E-state index contributed by atoms with van der Waals surface area (Å²) in [5.74, 6) is -0.489. The first-order valence-electron chi connectivity index (χ1n) is 7.51. The number of benzene rings is 2. The molecule has 1 N–H and O–H groups in total. The van der Waals surface area contributed by atoms with Crippen LogP contribution in [-0.4, -0.2) is 23.5 Å². The van der Waals surface area contributed by atoms with E-state index in [1.165, 1.54) is 25.1 Å². The van der Waals surface area contributed by atoms with Gasteiger partial charge in [0, 0.05) is 11.1 Å². The lowest BCUT2D eigenvalue weighted by molar-refractivity contribution is -0.130. The van der Waals surface area contributed by atoms with Crippen LogP contribution in [0.5, 0.6) is 17.2 Å². The summed E-state index contributed by atoms with van der Waals surface area (Å²) in [6, 6.07) is 10.4. The number of ketones is 1. The number of ether oxygens (including phenoxy) is 2. The molecular weight excluding hydrogens is 320 g/mol. The minimum absolute atomic E-state index is 0.0581. The topological polar surface area (TPSA) is 72.8 Å². The van der Waals surface area contributed by atoms with Crippen molar-refractivity contribution in [2.45, 2.75) is 6.92 Å². The van der Waals surface area contributed by atoms with Crippen molar-refractivity contribution in [3.05, 3.63) is 78.4 Å². The van der Waals surface area contributed by atoms with Crippen LogP contribution >= 0.6 is 0 Å². The molecule has 5 heteroatoms. The van der Waals surface area contributed by atoms with Crippen molar-refractivity contribution in [1.29, 1.82) is 0 Å². The number of hydrogen-bond donors (Lipinski definition) is 1. The summed E-state index contributed by atoms with van der Waals surface area (Å²) in [6.45, 7) is 8.94. The summed E-state index contributed by atoms with van der Waals surface area (Å²) in [5.41, 5.74) is 0.647. The van der Waals surface area contributed by atoms with Crippen LogP contribution in [0.15, 0.2) is 67.3 Å². The van der Waals surface area contributed by atoms with E-state index in [0.717, 1.165) is 0 Å². The van der Waals surface area contributed by atoms with Crippen molar-refractivity contribution in [2.75, 3.05) is 6.61 Å². The highest BCUT2D eigenvalue weighted by Crippen LogP contribution is 2.27. The van der Waals surface area contributed by atoms with E-state index in [4.69, 9.17) is 9.47 Å². The summed E-state index contributed by atoms with van der Waals surface area (Å²) < 4.78 is 10.5. The third-order valence-corrected chi connectivity index (χ3v) is 3.24. The van der Waals surface area contributed by atoms with Crippen LogP contribution in [-0.2, 0) is 4.79 Å². The number of phenolic OH excluding ortho intramolecular Hbond substituents is 1. The molecule has 0 aliphatic rings. The largest absolute Gasteiger partial charge is 0.508 e. The molecule has 0 aliphatic carbocycles. The zero-order valence-corrected chi connectivity index (χ0v) is 13.8. The van der Waals surface area contributed by atoms with Crippen molar-refractivity contribution < 1.29 is 24.2 Å². The molecule has 2 aromatic rings. The van der Waals surface area contributed by atoms with Crippen molar-refractivity contribution in [1.82, 2.24) is 0 Å². The normalized spacial score (nSPS) is 9.96. The highest BCUT2D eigenvalue weighted by Gasteiger charge is 2.18. The van der Waals surface area contributed by atoms with Gasteiger partial charge < -0.3 is 14.6 Å². The standard InChI is InChI=1S/C20H18O5/c1-4-11-24-16-8-5-14(6-9-16)19(22)17-12-15(21)7-10-18(17)25-20(23)13(2)3/h4-10,12,21H,1-2,11H2,3H3. The zero-order chi connectivity index (χ0) is 18.4. The second kappa shape index (κ2) is 7.97. The van der Waals surface area contributed by atoms with Crippen LogP contribution < -0.4 is 9.47 Å². The molecule has 0 aliphatic heterocycles. The molecule has 0 fully saturated rings. The summed E-state index contributed by atoms with van der Waals surface area (Å²) in [4.78, 5) is 24.4. The van der Waals surface area contributed by atoms with Crippen LogP contribution in [0.1, 0.15) is 22.8 Å². The van der Waals surface area contributed by atoms with E-state index < -0.39 is 11.8 Å². The van der Waals surface area contributed by atoms with Gasteiger partial charge in [-0.05, 0) is 49.4 Å². The van der Waals surface area contributed by atoms with Gasteiger partial charge in [-0.3, -0.25) is 4.79 Å². The number of esters is 1. The van der Waals surface area contributed by atoms with Gasteiger partial charge in [-0.2, -0.15) is 0 Å². The molecule has 25 heavy (non-hydrogen) atoms. The van der Waals surface area contributed by atoms with Crippen molar-refractivity contribution >= 4 is 11.8 Å². The van der Waals surface area contributed by atoms with Gasteiger partial charge in [0.2, 0.25) is 0 Å². The Bertz CT molecular complexity index is 818. The van der Waals surface area contributed by atoms with Gasteiger partial charge in [0.1, 0.15) is 23.9 Å². The van der Waals surface area contributed by atoms with Gasteiger partial charge in [0.25, 0.3) is 0 Å². The number of rotatable bonds is 7. The molecule has 0 spiro atoms. The Balaban J connectivity index is 2.31. The lowest BCUT2D eigenvalue weighted by Gasteiger charge is -2.10. The second-order valence-corrected chi connectivity index (χ2v) is 5.30. The molecule has 0 heterocycles. The predicted molar refractivity (Wildman–Crippen MR) is 94.1 cm³/mol. The van der Waals surface area contributed by atoms with Gasteiger partial charge in [-0.1, -0.05) is 19.2 Å². The molecule has 0 amide bonds. The summed E-state index contributed by atoms with van der Waals surface area (Å²) in [5, 5.41) is 9.68. The molecule has 0 atom stereocenters. The van der Waals surface area contributed by atoms with Crippen molar-refractivity contribution in [3.63, 3.8) is 0 Å². The fourth-order valence-electron chi connectivity index (χ4n) is 1.98. The maximum absolute atomic E-state index is 12.7. The minimum atomic E-state index is -0.645. The van der Waals surface area contributed by atoms with E-state index in [1.807, 2.05) is 0 Å². The summed E-state index contributed by atoms with van der Waals surface area (Å²) >= 11 is 0. The molecule has 0 saturated heterocycles. The quantitative estimate of drug-likeness (QED) is 0.274. The average Bonchev–Trinajstić information content (AvgIpc) is 2.61. The maximum atomic E-state index is 12.7. The van der Waals surface area contributed by atoms with Crippen LogP contribution in [0, 0.1) is 0 Å². The highest BCUT2D eigenvalue weighted by molar-refractivity contribution is 6.11. The van der Waals surface area contributed by atoms with Crippen LogP contribution in [0.3, 0.4) is 0 Å². The SMILES string of the molecule is C=CCOc1ccc(C(=O)c2cc(O)ccc2OC(=O)C(=C)C)cc1. The molecule has 0 aromatic heterocycles. The van der Waals surface area contributed by atoms with Gasteiger partial charge in [0.05, 0.1) is 5.56 Å². The van der Waals surface area contributed by atoms with Gasteiger partial charge in [0.15, 0.2) is 5.78 Å². The smallest absolute Gasteiger partial charge is 0.338 e. The Labute approximate surface area is 145 Å². The average molecular weight is 338 g/mol. The molecule has 2 rings (SSSR count). The first kappa shape index (κ1) is 18.0. The first-order chi connectivity index (χ1) is 11.9. The Morgan fingerprint density at radius 1 is 1.16 bits per heavy atom. The summed E-state index contributed by atoms with van der Waals surface area (Å²) in [6.07, 6.45) is 1.62. The van der Waals surface area contributed by atoms with Crippen LogP contribution in [0.4, 0.5) is 0 Å². The van der Waals surface area contributed by atoms with E-state index in [1.54, 1.807) is 30.3 Å². The molecule has 0 bridgehead atoms. The predicted octanol–water partition coefficient (Wildman–Crippen LogP) is 3.67. The third-order valence-electron chi connectivity index (χ3n) is 3.24. The van der Waals surface area contributed by atoms with E-state index >= 15 is 0 Å². The minimum Gasteiger partial charge on any atom is -0.508 e. The number of carbonyl (C=O) groups excluding carboxylic acids is 2. The monoisotopic (exact) mass is 338 g/mol. The van der Waals surface area contributed by atoms with Crippen molar-refractivity contribution in [2.24, 2.45) is 0 Å². The lowest BCUT2D eigenvalue weighted by atomic mass is 10.0. The summed E-state index contributed by atoms with van der Waals surface area (Å²) in [7, 11) is 0.